The Morgan fingerprint density at radius 3 is 2.40 bits per heavy atom. The molecule has 0 atom stereocenters. The Kier molecular flexibility index (Phi) is 4.09. The maximum absolute atomic E-state index is 12.2. The summed E-state index contributed by atoms with van der Waals surface area (Å²) in [6.45, 7) is 5.82. The zero-order chi connectivity index (χ0) is 14.8. The molecular weight excluding hydrogens is 273 g/mol. The molecule has 0 unspecified atom stereocenters. The normalized spacial score (nSPS) is 11.3. The molecule has 0 saturated carbocycles. The highest BCUT2D eigenvalue weighted by Gasteiger charge is 2.16. The van der Waals surface area contributed by atoms with Crippen molar-refractivity contribution in [2.45, 2.75) is 6.92 Å². The molecule has 0 aliphatic heterocycles. The monoisotopic (exact) mass is 291 g/mol. The molecule has 106 valence electrons. The predicted octanol–water partition coefficient (Wildman–Crippen LogP) is 2.37. The van der Waals surface area contributed by atoms with Crippen LogP contribution in [-0.4, -0.2) is 29.9 Å². The topological polar surface area (TPSA) is 78.1 Å². The van der Waals surface area contributed by atoms with Gasteiger partial charge in [0.2, 0.25) is 0 Å². The highest BCUT2D eigenvalue weighted by Crippen LogP contribution is 2.38. The third kappa shape index (κ3) is 3.17. The van der Waals surface area contributed by atoms with Crippen LogP contribution in [0.3, 0.4) is 0 Å². The van der Waals surface area contributed by atoms with Crippen LogP contribution < -0.4 is 15.8 Å². The van der Waals surface area contributed by atoms with Gasteiger partial charge >= 0.3 is 6.01 Å². The molecule has 2 rings (SSSR count). The fraction of sp³-hybridized carbons (Fsp3) is 0.286. The molecule has 0 fully saturated rings. The lowest BCUT2D eigenvalue weighted by atomic mass is 10.1. The minimum atomic E-state index is -2.41. The van der Waals surface area contributed by atoms with Crippen molar-refractivity contribution < 1.29 is 9.30 Å². The lowest BCUT2D eigenvalue weighted by Crippen LogP contribution is -2.10. The van der Waals surface area contributed by atoms with E-state index in [1.807, 2.05) is 19.1 Å². The third-order valence-electron chi connectivity index (χ3n) is 2.85. The molecule has 0 saturated heterocycles. The minimum absolute atomic E-state index is 0.351. The van der Waals surface area contributed by atoms with E-state index in [-0.39, 0.29) is 0 Å². The van der Waals surface area contributed by atoms with Crippen molar-refractivity contribution in [3.63, 3.8) is 0 Å². The van der Waals surface area contributed by atoms with Crippen LogP contribution in [0.4, 0.5) is 5.69 Å². The van der Waals surface area contributed by atoms with Crippen molar-refractivity contribution in [3.05, 3.63) is 30.6 Å². The highest BCUT2D eigenvalue weighted by atomic mass is 31.2. The third-order valence-corrected chi connectivity index (χ3v) is 4.39. The van der Waals surface area contributed by atoms with Gasteiger partial charge in [-0.05, 0) is 37.9 Å². The van der Waals surface area contributed by atoms with Crippen LogP contribution in [-0.2, 0) is 4.57 Å². The van der Waals surface area contributed by atoms with Gasteiger partial charge in [0.15, 0.2) is 0 Å². The summed E-state index contributed by atoms with van der Waals surface area (Å²) in [6.07, 6.45) is 3.37. The van der Waals surface area contributed by atoms with Crippen molar-refractivity contribution in [1.82, 2.24) is 9.97 Å². The van der Waals surface area contributed by atoms with Crippen LogP contribution in [0.25, 0.3) is 11.1 Å². The number of hydrogen-bond acceptors (Lipinski definition) is 5. The first-order valence-corrected chi connectivity index (χ1v) is 8.92. The lowest BCUT2D eigenvalue weighted by Gasteiger charge is -2.12. The van der Waals surface area contributed by atoms with Gasteiger partial charge in [0.1, 0.15) is 7.14 Å². The summed E-state index contributed by atoms with van der Waals surface area (Å²) in [5.74, 6) is 0. The quantitative estimate of drug-likeness (QED) is 0.691. The second-order valence-electron chi connectivity index (χ2n) is 4.81. The molecule has 20 heavy (non-hydrogen) atoms. The molecular formula is C14H18N3O2P. The van der Waals surface area contributed by atoms with Crippen LogP contribution in [0.15, 0.2) is 30.6 Å². The first kappa shape index (κ1) is 14.5. The molecule has 0 aliphatic rings. The molecule has 0 spiro atoms. The summed E-state index contributed by atoms with van der Waals surface area (Å²) in [6, 6.07) is 5.83. The summed E-state index contributed by atoms with van der Waals surface area (Å²) < 4.78 is 17.4. The Balaban J connectivity index is 2.40. The first-order valence-electron chi connectivity index (χ1n) is 6.32. The lowest BCUT2D eigenvalue weighted by molar-refractivity contribution is 0.312. The van der Waals surface area contributed by atoms with E-state index in [1.165, 1.54) is 0 Å². The molecule has 0 radical (unpaired) electrons. The number of nitrogens with two attached hydrogens (primary N) is 1. The molecule has 1 heterocycles. The summed E-state index contributed by atoms with van der Waals surface area (Å²) in [5, 5.41) is 0.684. The van der Waals surface area contributed by atoms with E-state index >= 15 is 0 Å². The minimum Gasteiger partial charge on any atom is -0.464 e. The van der Waals surface area contributed by atoms with Gasteiger partial charge in [-0.15, -0.1) is 0 Å². The zero-order valence-corrected chi connectivity index (χ0v) is 12.7. The first-order chi connectivity index (χ1) is 9.41. The molecule has 0 amide bonds. The maximum atomic E-state index is 12.2. The Morgan fingerprint density at radius 2 is 1.85 bits per heavy atom. The number of anilines is 1. The Morgan fingerprint density at radius 1 is 1.20 bits per heavy atom. The Bertz CT molecular complexity index is 650. The van der Waals surface area contributed by atoms with Crippen LogP contribution in [0.2, 0.25) is 0 Å². The number of ether oxygens (including phenoxy) is 1. The van der Waals surface area contributed by atoms with E-state index in [4.69, 9.17) is 10.5 Å². The van der Waals surface area contributed by atoms with Gasteiger partial charge in [-0.3, -0.25) is 0 Å². The predicted molar refractivity (Wildman–Crippen MR) is 82.1 cm³/mol. The Hall–Kier alpha value is -1.87. The van der Waals surface area contributed by atoms with Gasteiger partial charge in [-0.1, -0.05) is 6.07 Å². The number of rotatable bonds is 4. The SMILES string of the molecule is CCOc1ncc(-c2ccc(N)c(P(C)(C)=O)c2)cn1. The fourth-order valence-corrected chi connectivity index (χ4v) is 3.00. The fourth-order valence-electron chi connectivity index (χ4n) is 1.86. The Labute approximate surface area is 118 Å². The van der Waals surface area contributed by atoms with Crippen LogP contribution in [0.5, 0.6) is 6.01 Å². The van der Waals surface area contributed by atoms with Crippen LogP contribution in [0, 0.1) is 0 Å². The summed E-state index contributed by atoms with van der Waals surface area (Å²) in [5.41, 5.74) is 8.17. The van der Waals surface area contributed by atoms with Gasteiger partial charge in [0.05, 0.1) is 6.61 Å². The molecule has 2 aromatic rings. The molecule has 6 heteroatoms. The maximum Gasteiger partial charge on any atom is 0.316 e. The summed E-state index contributed by atoms with van der Waals surface area (Å²) in [7, 11) is -2.41. The van der Waals surface area contributed by atoms with Crippen molar-refractivity contribution in [3.8, 4) is 17.1 Å². The van der Waals surface area contributed by atoms with Gasteiger partial charge in [-0.25, -0.2) is 9.97 Å². The van der Waals surface area contributed by atoms with E-state index in [9.17, 15) is 4.57 Å². The van der Waals surface area contributed by atoms with Gasteiger partial charge in [0, 0.05) is 28.9 Å². The van der Waals surface area contributed by atoms with E-state index < -0.39 is 7.14 Å². The van der Waals surface area contributed by atoms with Gasteiger partial charge in [0.25, 0.3) is 0 Å². The second-order valence-corrected chi connectivity index (χ2v) is 8.00. The van der Waals surface area contributed by atoms with Crippen molar-refractivity contribution >= 4 is 18.1 Å². The van der Waals surface area contributed by atoms with Crippen molar-refractivity contribution in [2.75, 3.05) is 25.7 Å². The number of aromatic nitrogens is 2. The molecule has 5 nitrogen and oxygen atoms in total. The van der Waals surface area contributed by atoms with Crippen LogP contribution >= 0.6 is 7.14 Å². The molecule has 1 aromatic carbocycles. The summed E-state index contributed by atoms with van der Waals surface area (Å²) in [4.78, 5) is 8.25. The standard InChI is InChI=1S/C14H18N3O2P/c1-4-19-14-16-8-11(9-17-14)10-5-6-12(15)13(7-10)20(2,3)18/h5-9H,4,15H2,1-3H3. The van der Waals surface area contributed by atoms with Crippen molar-refractivity contribution in [2.24, 2.45) is 0 Å². The highest BCUT2D eigenvalue weighted by molar-refractivity contribution is 7.70. The zero-order valence-electron chi connectivity index (χ0n) is 11.8. The van der Waals surface area contributed by atoms with Gasteiger partial charge < -0.3 is 15.0 Å². The number of hydrogen-bond donors (Lipinski definition) is 1. The molecule has 0 aliphatic carbocycles. The van der Waals surface area contributed by atoms with E-state index in [1.54, 1.807) is 31.8 Å². The number of nitrogen functional groups attached to an aromatic ring is 1. The molecule has 0 bridgehead atoms. The largest absolute Gasteiger partial charge is 0.464 e. The summed E-state index contributed by atoms with van der Waals surface area (Å²) >= 11 is 0. The van der Waals surface area contributed by atoms with Crippen LogP contribution in [0.1, 0.15) is 6.92 Å². The van der Waals surface area contributed by atoms with E-state index in [0.29, 0.717) is 23.6 Å². The van der Waals surface area contributed by atoms with E-state index in [2.05, 4.69) is 9.97 Å². The van der Waals surface area contributed by atoms with E-state index in [0.717, 1.165) is 11.1 Å². The van der Waals surface area contributed by atoms with Gasteiger partial charge in [-0.2, -0.15) is 0 Å². The molecule has 2 N–H and O–H groups in total. The average Bonchev–Trinajstić information content (AvgIpc) is 2.39. The number of nitrogens with zero attached hydrogens (tertiary/aromatic N) is 2. The second kappa shape index (κ2) is 5.63. The smallest absolute Gasteiger partial charge is 0.316 e. The van der Waals surface area contributed by atoms with Crippen molar-refractivity contribution in [1.29, 1.82) is 0 Å². The molecule has 1 aromatic heterocycles. The number of benzene rings is 1. The average molecular weight is 291 g/mol.